The monoisotopic (exact) mass is 346 g/mol. The van der Waals surface area contributed by atoms with Crippen LogP contribution in [0.4, 0.5) is 5.82 Å². The average Bonchev–Trinajstić information content (AvgIpc) is 3.26. The van der Waals surface area contributed by atoms with E-state index in [1.807, 2.05) is 0 Å². The van der Waals surface area contributed by atoms with Crippen molar-refractivity contribution in [2.75, 3.05) is 38.1 Å². The summed E-state index contributed by atoms with van der Waals surface area (Å²) in [5.41, 5.74) is -0.929. The van der Waals surface area contributed by atoms with E-state index in [0.29, 0.717) is 6.54 Å². The van der Waals surface area contributed by atoms with Gasteiger partial charge in [0, 0.05) is 37.7 Å². The van der Waals surface area contributed by atoms with E-state index in [2.05, 4.69) is 21.8 Å². The van der Waals surface area contributed by atoms with Crippen LogP contribution >= 0.6 is 0 Å². The van der Waals surface area contributed by atoms with Gasteiger partial charge in [-0.15, -0.1) is 0 Å². The maximum absolute atomic E-state index is 12.7. The van der Waals surface area contributed by atoms with Crippen molar-refractivity contribution in [3.8, 4) is 0 Å². The minimum Gasteiger partial charge on any atom is -0.387 e. The summed E-state index contributed by atoms with van der Waals surface area (Å²) >= 11 is 0. The van der Waals surface area contributed by atoms with E-state index in [0.717, 1.165) is 51.3 Å². The molecule has 4 rings (SSSR count). The van der Waals surface area contributed by atoms with E-state index in [9.17, 15) is 9.90 Å². The SMILES string of the molecule is CN1CCC(O)(Cn2cnc(N3CCCC3)cc2=O)C2(CCCC2)C1. The van der Waals surface area contributed by atoms with Crippen LogP contribution < -0.4 is 10.5 Å². The molecule has 2 aliphatic heterocycles. The molecule has 1 aromatic rings. The van der Waals surface area contributed by atoms with Gasteiger partial charge in [0.15, 0.2) is 0 Å². The van der Waals surface area contributed by atoms with Gasteiger partial charge in [-0.05, 0) is 39.2 Å². The second-order valence-corrected chi connectivity index (χ2v) is 8.41. The first-order chi connectivity index (χ1) is 12.0. The molecule has 1 unspecified atom stereocenters. The van der Waals surface area contributed by atoms with Gasteiger partial charge in [0.05, 0.1) is 18.5 Å². The summed E-state index contributed by atoms with van der Waals surface area (Å²) < 4.78 is 1.63. The normalized spacial score (nSPS) is 29.6. The Balaban J connectivity index is 1.58. The van der Waals surface area contributed by atoms with Crippen molar-refractivity contribution in [2.45, 2.75) is 57.1 Å². The van der Waals surface area contributed by atoms with Gasteiger partial charge in [-0.25, -0.2) is 4.98 Å². The van der Waals surface area contributed by atoms with Gasteiger partial charge >= 0.3 is 0 Å². The second kappa shape index (κ2) is 6.40. The molecule has 0 radical (unpaired) electrons. The molecule has 6 heteroatoms. The van der Waals surface area contributed by atoms with E-state index < -0.39 is 5.60 Å². The van der Waals surface area contributed by atoms with Crippen molar-refractivity contribution < 1.29 is 5.11 Å². The molecule has 3 heterocycles. The van der Waals surface area contributed by atoms with Gasteiger partial charge in [-0.1, -0.05) is 12.8 Å². The summed E-state index contributed by atoms with van der Waals surface area (Å²) in [6.45, 7) is 4.14. The third-order valence-corrected chi connectivity index (χ3v) is 6.75. The van der Waals surface area contributed by atoms with Crippen molar-refractivity contribution in [1.82, 2.24) is 14.5 Å². The van der Waals surface area contributed by atoms with Gasteiger partial charge in [0.25, 0.3) is 5.56 Å². The van der Waals surface area contributed by atoms with Gasteiger partial charge in [-0.3, -0.25) is 9.36 Å². The van der Waals surface area contributed by atoms with E-state index >= 15 is 0 Å². The molecule has 25 heavy (non-hydrogen) atoms. The van der Waals surface area contributed by atoms with Crippen molar-refractivity contribution in [1.29, 1.82) is 0 Å². The number of piperidine rings is 1. The molecule has 1 saturated carbocycles. The fourth-order valence-corrected chi connectivity index (χ4v) is 5.24. The third-order valence-electron chi connectivity index (χ3n) is 6.75. The fourth-order valence-electron chi connectivity index (χ4n) is 5.24. The maximum atomic E-state index is 12.7. The fraction of sp³-hybridized carbons (Fsp3) is 0.789. The summed E-state index contributed by atoms with van der Waals surface area (Å²) in [5.74, 6) is 0.782. The number of anilines is 1. The standard InChI is InChI=1S/C19H30N4O2/c1-21-11-8-19(25,18(13-21)6-2-3-7-18)14-23-15-20-16(12-17(23)24)22-9-4-5-10-22/h12,15,25H,2-11,13-14H2,1H3. The zero-order valence-electron chi connectivity index (χ0n) is 15.3. The van der Waals surface area contributed by atoms with Crippen molar-refractivity contribution in [2.24, 2.45) is 5.41 Å². The molecular weight excluding hydrogens is 316 g/mol. The van der Waals surface area contributed by atoms with Crippen LogP contribution in [-0.2, 0) is 6.54 Å². The molecule has 0 amide bonds. The van der Waals surface area contributed by atoms with Crippen LogP contribution in [0.1, 0.15) is 44.9 Å². The van der Waals surface area contributed by atoms with Crippen LogP contribution in [0.15, 0.2) is 17.2 Å². The molecule has 1 N–H and O–H groups in total. The molecule has 3 aliphatic rings. The Bertz CT molecular complexity index is 676. The Morgan fingerprint density at radius 3 is 2.52 bits per heavy atom. The lowest BCUT2D eigenvalue weighted by Gasteiger charge is -2.51. The van der Waals surface area contributed by atoms with Gasteiger partial charge in [0.2, 0.25) is 0 Å². The maximum Gasteiger partial charge on any atom is 0.255 e. The first-order valence-corrected chi connectivity index (χ1v) is 9.74. The lowest BCUT2D eigenvalue weighted by molar-refractivity contribution is -0.139. The molecule has 3 fully saturated rings. The number of hydrogen-bond acceptors (Lipinski definition) is 5. The van der Waals surface area contributed by atoms with Crippen LogP contribution in [-0.4, -0.2) is 58.4 Å². The molecule has 138 valence electrons. The number of nitrogens with zero attached hydrogens (tertiary/aromatic N) is 4. The van der Waals surface area contributed by atoms with Crippen LogP contribution in [0.25, 0.3) is 0 Å². The highest BCUT2D eigenvalue weighted by Crippen LogP contribution is 2.51. The largest absolute Gasteiger partial charge is 0.387 e. The minimum absolute atomic E-state index is 0.0441. The number of likely N-dealkylation sites (tertiary alicyclic amines) is 1. The number of hydrogen-bond donors (Lipinski definition) is 1. The first-order valence-electron chi connectivity index (χ1n) is 9.74. The lowest BCUT2D eigenvalue weighted by atomic mass is 9.66. The highest BCUT2D eigenvalue weighted by molar-refractivity contribution is 5.37. The topological polar surface area (TPSA) is 61.6 Å². The summed E-state index contributed by atoms with van der Waals surface area (Å²) in [6, 6.07) is 1.64. The predicted molar refractivity (Wildman–Crippen MR) is 97.9 cm³/mol. The van der Waals surface area contributed by atoms with E-state index in [1.54, 1.807) is 17.0 Å². The smallest absolute Gasteiger partial charge is 0.255 e. The molecule has 1 aromatic heterocycles. The average molecular weight is 346 g/mol. The molecule has 6 nitrogen and oxygen atoms in total. The Morgan fingerprint density at radius 1 is 1.12 bits per heavy atom. The summed E-state index contributed by atoms with van der Waals surface area (Å²) in [4.78, 5) is 21.7. The zero-order chi connectivity index (χ0) is 17.5. The van der Waals surface area contributed by atoms with Gasteiger partial charge in [0.1, 0.15) is 5.82 Å². The summed E-state index contributed by atoms with van der Waals surface area (Å²) in [5, 5.41) is 11.6. The molecular formula is C19H30N4O2. The Hall–Kier alpha value is -1.40. The number of aromatic nitrogens is 2. The molecule has 1 aliphatic carbocycles. The van der Waals surface area contributed by atoms with Crippen molar-refractivity contribution in [3.05, 3.63) is 22.7 Å². The number of rotatable bonds is 3. The van der Waals surface area contributed by atoms with Crippen molar-refractivity contribution >= 4 is 5.82 Å². The van der Waals surface area contributed by atoms with E-state index in [1.165, 1.54) is 25.7 Å². The first kappa shape index (κ1) is 17.0. The van der Waals surface area contributed by atoms with Gasteiger partial charge in [-0.2, -0.15) is 0 Å². The minimum atomic E-state index is -0.809. The molecule has 0 aromatic carbocycles. The van der Waals surface area contributed by atoms with Crippen molar-refractivity contribution in [3.63, 3.8) is 0 Å². The predicted octanol–water partition coefficient (Wildman–Crippen LogP) is 1.47. The van der Waals surface area contributed by atoms with Crippen LogP contribution in [0.5, 0.6) is 0 Å². The lowest BCUT2D eigenvalue weighted by Crippen LogP contribution is -2.60. The third kappa shape index (κ3) is 2.99. The Kier molecular flexibility index (Phi) is 4.36. The highest BCUT2D eigenvalue weighted by Gasteiger charge is 2.54. The number of aliphatic hydroxyl groups is 1. The zero-order valence-corrected chi connectivity index (χ0v) is 15.3. The van der Waals surface area contributed by atoms with Crippen LogP contribution in [0, 0.1) is 5.41 Å². The van der Waals surface area contributed by atoms with E-state index in [-0.39, 0.29) is 11.0 Å². The summed E-state index contributed by atoms with van der Waals surface area (Å²) in [6.07, 6.45) is 9.18. The van der Waals surface area contributed by atoms with Gasteiger partial charge < -0.3 is 14.9 Å². The molecule has 2 saturated heterocycles. The molecule has 1 spiro atoms. The summed E-state index contributed by atoms with van der Waals surface area (Å²) in [7, 11) is 2.14. The Morgan fingerprint density at radius 2 is 1.84 bits per heavy atom. The molecule has 0 bridgehead atoms. The second-order valence-electron chi connectivity index (χ2n) is 8.41. The molecule has 1 atom stereocenters. The Labute approximate surface area is 149 Å². The van der Waals surface area contributed by atoms with Crippen LogP contribution in [0.3, 0.4) is 0 Å². The highest BCUT2D eigenvalue weighted by atomic mass is 16.3. The van der Waals surface area contributed by atoms with Crippen LogP contribution in [0.2, 0.25) is 0 Å². The van der Waals surface area contributed by atoms with E-state index in [4.69, 9.17) is 0 Å². The quantitative estimate of drug-likeness (QED) is 0.898.